The predicted octanol–water partition coefficient (Wildman–Crippen LogP) is 1.26. The molecule has 1 amide bonds. The average molecular weight is 313 g/mol. The molecule has 1 aromatic heterocycles. The van der Waals surface area contributed by atoms with Crippen LogP contribution >= 0.6 is 12.4 Å². The van der Waals surface area contributed by atoms with Crippen molar-refractivity contribution in [1.29, 1.82) is 0 Å². The summed E-state index contributed by atoms with van der Waals surface area (Å²) in [6.07, 6.45) is 9.38. The SMILES string of the molecule is Cl.Cn1cc(CCCNC(=O)C2C3CCC(C3)C2N)cn1. The number of aromatic nitrogens is 2. The van der Waals surface area contributed by atoms with Gasteiger partial charge in [0.25, 0.3) is 0 Å². The van der Waals surface area contributed by atoms with Gasteiger partial charge in [0.15, 0.2) is 0 Å². The smallest absolute Gasteiger partial charge is 0.224 e. The van der Waals surface area contributed by atoms with Crippen molar-refractivity contribution < 1.29 is 4.79 Å². The average Bonchev–Trinajstić information content (AvgIpc) is 3.10. The number of nitrogens with zero attached hydrogens (tertiary/aromatic N) is 2. The van der Waals surface area contributed by atoms with Gasteiger partial charge in [-0.05, 0) is 49.5 Å². The molecule has 0 radical (unpaired) electrons. The second-order valence-corrected chi connectivity index (χ2v) is 6.35. The maximum atomic E-state index is 12.3. The van der Waals surface area contributed by atoms with Gasteiger partial charge in [0.2, 0.25) is 5.91 Å². The molecule has 3 N–H and O–H groups in total. The van der Waals surface area contributed by atoms with Gasteiger partial charge in [-0.1, -0.05) is 0 Å². The Bertz CT molecular complexity index is 488. The van der Waals surface area contributed by atoms with Gasteiger partial charge in [-0.2, -0.15) is 5.10 Å². The lowest BCUT2D eigenvalue weighted by atomic mass is 9.84. The molecule has 2 saturated carbocycles. The lowest BCUT2D eigenvalue weighted by molar-refractivity contribution is -0.127. The number of rotatable bonds is 5. The van der Waals surface area contributed by atoms with E-state index in [0.29, 0.717) is 11.8 Å². The number of nitrogens with two attached hydrogens (primary N) is 1. The van der Waals surface area contributed by atoms with E-state index < -0.39 is 0 Å². The molecule has 0 aromatic carbocycles. The van der Waals surface area contributed by atoms with Crippen molar-refractivity contribution in [3.05, 3.63) is 18.0 Å². The van der Waals surface area contributed by atoms with E-state index in [1.165, 1.54) is 18.4 Å². The molecule has 6 heteroatoms. The van der Waals surface area contributed by atoms with Gasteiger partial charge < -0.3 is 11.1 Å². The van der Waals surface area contributed by atoms with E-state index in [9.17, 15) is 4.79 Å². The highest BCUT2D eigenvalue weighted by atomic mass is 35.5. The molecule has 2 bridgehead atoms. The minimum Gasteiger partial charge on any atom is -0.356 e. The highest BCUT2D eigenvalue weighted by Crippen LogP contribution is 2.47. The molecule has 3 rings (SSSR count). The maximum Gasteiger partial charge on any atom is 0.224 e. The fraction of sp³-hybridized carbons (Fsp3) is 0.733. The van der Waals surface area contributed by atoms with Crippen LogP contribution in [0.4, 0.5) is 0 Å². The number of hydrogen-bond acceptors (Lipinski definition) is 3. The Morgan fingerprint density at radius 1 is 1.48 bits per heavy atom. The number of amides is 1. The van der Waals surface area contributed by atoms with Crippen LogP contribution in [-0.4, -0.2) is 28.3 Å². The van der Waals surface area contributed by atoms with Crippen LogP contribution in [0.5, 0.6) is 0 Å². The first-order valence-electron chi connectivity index (χ1n) is 7.66. The van der Waals surface area contributed by atoms with Crippen molar-refractivity contribution in [2.45, 2.75) is 38.1 Å². The quantitative estimate of drug-likeness (QED) is 0.804. The van der Waals surface area contributed by atoms with Gasteiger partial charge in [-0.3, -0.25) is 9.48 Å². The molecular formula is C15H25ClN4O. The monoisotopic (exact) mass is 312 g/mol. The van der Waals surface area contributed by atoms with Crippen LogP contribution in [0.2, 0.25) is 0 Å². The van der Waals surface area contributed by atoms with Gasteiger partial charge in [0.1, 0.15) is 0 Å². The first-order chi connectivity index (χ1) is 9.65. The lowest BCUT2D eigenvalue weighted by Gasteiger charge is -2.27. The lowest BCUT2D eigenvalue weighted by Crippen LogP contribution is -2.45. The van der Waals surface area contributed by atoms with E-state index in [0.717, 1.165) is 25.8 Å². The van der Waals surface area contributed by atoms with Crippen molar-refractivity contribution in [2.75, 3.05) is 6.54 Å². The molecule has 2 aliphatic rings. The van der Waals surface area contributed by atoms with E-state index in [4.69, 9.17) is 5.73 Å². The zero-order chi connectivity index (χ0) is 14.1. The molecule has 1 aromatic rings. The Balaban J connectivity index is 0.00000161. The van der Waals surface area contributed by atoms with Crippen molar-refractivity contribution in [2.24, 2.45) is 30.5 Å². The van der Waals surface area contributed by atoms with Crippen molar-refractivity contribution in [3.63, 3.8) is 0 Å². The number of carbonyl (C=O) groups excluding carboxylic acids is 1. The zero-order valence-electron chi connectivity index (χ0n) is 12.5. The minimum absolute atomic E-state index is 0. The summed E-state index contributed by atoms with van der Waals surface area (Å²) in [5.41, 5.74) is 7.41. The standard InChI is InChI=1S/C15H24N4O.ClH/c1-19-9-10(8-18-19)3-2-6-17-15(20)13-11-4-5-12(7-11)14(13)16;/h8-9,11-14H,2-7,16H2,1H3,(H,17,20);1H. The van der Waals surface area contributed by atoms with Crippen LogP contribution in [0.25, 0.3) is 0 Å². The molecule has 1 heterocycles. The summed E-state index contributed by atoms with van der Waals surface area (Å²) < 4.78 is 1.81. The molecule has 4 unspecified atom stereocenters. The van der Waals surface area contributed by atoms with Crippen LogP contribution in [0.15, 0.2) is 12.4 Å². The van der Waals surface area contributed by atoms with Gasteiger partial charge in [0, 0.05) is 25.8 Å². The molecule has 118 valence electrons. The molecule has 4 atom stereocenters. The third-order valence-electron chi connectivity index (χ3n) is 4.98. The van der Waals surface area contributed by atoms with Crippen LogP contribution < -0.4 is 11.1 Å². The fourth-order valence-corrected chi connectivity index (χ4v) is 3.95. The van der Waals surface area contributed by atoms with Gasteiger partial charge in [-0.25, -0.2) is 0 Å². The number of nitrogens with one attached hydrogen (secondary N) is 1. The van der Waals surface area contributed by atoms with Crippen molar-refractivity contribution in [3.8, 4) is 0 Å². The molecule has 5 nitrogen and oxygen atoms in total. The van der Waals surface area contributed by atoms with Crippen LogP contribution in [0.1, 0.15) is 31.2 Å². The summed E-state index contributed by atoms with van der Waals surface area (Å²) in [5, 5.41) is 7.21. The van der Waals surface area contributed by atoms with Gasteiger partial charge in [0.05, 0.1) is 12.1 Å². The van der Waals surface area contributed by atoms with Crippen LogP contribution in [-0.2, 0) is 18.3 Å². The second kappa shape index (κ2) is 6.79. The Morgan fingerprint density at radius 3 is 2.86 bits per heavy atom. The maximum absolute atomic E-state index is 12.3. The number of hydrogen-bond donors (Lipinski definition) is 2. The Labute approximate surface area is 132 Å². The highest BCUT2D eigenvalue weighted by molar-refractivity contribution is 5.85. The van der Waals surface area contributed by atoms with Gasteiger partial charge >= 0.3 is 0 Å². The Morgan fingerprint density at radius 2 is 2.24 bits per heavy atom. The summed E-state index contributed by atoms with van der Waals surface area (Å²) in [6, 6.07) is 0.0899. The number of fused-ring (bicyclic) bond motifs is 2. The molecular weight excluding hydrogens is 288 g/mol. The second-order valence-electron chi connectivity index (χ2n) is 6.35. The topological polar surface area (TPSA) is 72.9 Å². The first-order valence-corrected chi connectivity index (χ1v) is 7.66. The third kappa shape index (κ3) is 3.40. The molecule has 2 aliphatic carbocycles. The largest absolute Gasteiger partial charge is 0.356 e. The molecule has 21 heavy (non-hydrogen) atoms. The Kier molecular flexibility index (Phi) is 5.27. The van der Waals surface area contributed by atoms with Crippen molar-refractivity contribution >= 4 is 18.3 Å². The molecule has 0 aliphatic heterocycles. The Hall–Kier alpha value is -1.07. The summed E-state index contributed by atoms with van der Waals surface area (Å²) >= 11 is 0. The molecule has 0 saturated heterocycles. The van der Waals surface area contributed by atoms with E-state index >= 15 is 0 Å². The van der Waals surface area contributed by atoms with E-state index in [-0.39, 0.29) is 30.3 Å². The number of halogens is 1. The van der Waals surface area contributed by atoms with Gasteiger partial charge in [-0.15, -0.1) is 12.4 Å². The third-order valence-corrected chi connectivity index (χ3v) is 4.98. The minimum atomic E-state index is 0. The first kappa shape index (κ1) is 16.3. The normalized spacial score (nSPS) is 30.2. The summed E-state index contributed by atoms with van der Waals surface area (Å²) in [6.45, 7) is 0.730. The van der Waals surface area contributed by atoms with Crippen molar-refractivity contribution in [1.82, 2.24) is 15.1 Å². The fourth-order valence-electron chi connectivity index (χ4n) is 3.95. The summed E-state index contributed by atoms with van der Waals surface area (Å²) in [5.74, 6) is 1.36. The zero-order valence-corrected chi connectivity index (χ0v) is 13.3. The van der Waals surface area contributed by atoms with Crippen LogP contribution in [0, 0.1) is 17.8 Å². The predicted molar refractivity (Wildman–Crippen MR) is 84.1 cm³/mol. The van der Waals surface area contributed by atoms with E-state index in [1.54, 1.807) is 0 Å². The highest BCUT2D eigenvalue weighted by Gasteiger charge is 2.48. The molecule has 0 spiro atoms. The van der Waals surface area contributed by atoms with Crippen LogP contribution in [0.3, 0.4) is 0 Å². The molecule has 2 fully saturated rings. The summed E-state index contributed by atoms with van der Waals surface area (Å²) in [4.78, 5) is 12.3. The van der Waals surface area contributed by atoms with E-state index in [2.05, 4.69) is 10.4 Å². The number of carbonyl (C=O) groups is 1. The van der Waals surface area contributed by atoms with E-state index in [1.807, 2.05) is 24.1 Å². The summed E-state index contributed by atoms with van der Waals surface area (Å²) in [7, 11) is 1.92. The number of aryl methyl sites for hydroxylation is 2.